The Morgan fingerprint density at radius 1 is 0.844 bits per heavy atom. The molecule has 0 amide bonds. The number of rotatable bonds is 8. The quantitative estimate of drug-likeness (QED) is 0.427. The predicted molar refractivity (Wildman–Crippen MR) is 125 cm³/mol. The summed E-state index contributed by atoms with van der Waals surface area (Å²) >= 11 is 0. The van der Waals surface area contributed by atoms with Crippen LogP contribution in [0.25, 0.3) is 23.5 Å². The molecule has 32 heavy (non-hydrogen) atoms. The van der Waals surface area contributed by atoms with E-state index in [1.807, 2.05) is 76.1 Å². The van der Waals surface area contributed by atoms with Crippen molar-refractivity contribution >= 4 is 17.9 Å². The first-order valence-corrected chi connectivity index (χ1v) is 10.3. The molecule has 0 saturated carbocycles. The molecule has 0 radical (unpaired) electrons. The van der Waals surface area contributed by atoms with Crippen LogP contribution in [0.2, 0.25) is 0 Å². The lowest BCUT2D eigenvalue weighted by molar-refractivity contribution is -0.119. The summed E-state index contributed by atoms with van der Waals surface area (Å²) in [6, 6.07) is 15.7. The first kappa shape index (κ1) is 21.2. The van der Waals surface area contributed by atoms with Gasteiger partial charge in [0, 0.05) is 42.1 Å². The number of hydrogen-bond donors (Lipinski definition) is 1. The average molecular weight is 425 g/mol. The van der Waals surface area contributed by atoms with Crippen molar-refractivity contribution in [2.75, 3.05) is 0 Å². The Morgan fingerprint density at radius 2 is 1.34 bits per heavy atom. The molecule has 0 aliphatic heterocycles. The minimum Gasteiger partial charge on any atom is -0.388 e. The van der Waals surface area contributed by atoms with Crippen molar-refractivity contribution in [3.05, 3.63) is 109 Å². The molecule has 4 rings (SSSR count). The first-order chi connectivity index (χ1) is 15.6. The molecule has 2 heterocycles. The van der Waals surface area contributed by atoms with Gasteiger partial charge in [0.25, 0.3) is 0 Å². The Hall–Kier alpha value is -4.03. The fraction of sp³-hybridized carbons (Fsp3) is 0.115. The molecule has 0 aliphatic carbocycles. The molecule has 0 fully saturated rings. The molecule has 2 atom stereocenters. The highest BCUT2D eigenvalue weighted by Gasteiger charge is 2.17. The Morgan fingerprint density at radius 3 is 1.81 bits per heavy atom. The van der Waals surface area contributed by atoms with Gasteiger partial charge in [0.1, 0.15) is 0 Å². The lowest BCUT2D eigenvalue weighted by Crippen LogP contribution is -2.22. The molecule has 0 spiro atoms. The second-order valence-corrected chi connectivity index (χ2v) is 7.50. The van der Waals surface area contributed by atoms with Crippen molar-refractivity contribution in [1.82, 2.24) is 19.1 Å². The summed E-state index contributed by atoms with van der Waals surface area (Å²) in [6.45, 7) is 1.73. The average Bonchev–Trinajstić information content (AvgIpc) is 3.56. The third kappa shape index (κ3) is 5.17. The van der Waals surface area contributed by atoms with Crippen LogP contribution in [-0.2, 0) is 4.79 Å². The molecule has 4 aromatic rings. The van der Waals surface area contributed by atoms with Gasteiger partial charge < -0.3 is 14.2 Å². The fourth-order valence-electron chi connectivity index (χ4n) is 3.21. The monoisotopic (exact) mass is 424 g/mol. The van der Waals surface area contributed by atoms with Crippen molar-refractivity contribution in [3.63, 3.8) is 0 Å². The fourth-order valence-corrected chi connectivity index (χ4v) is 3.21. The number of aliphatic hydroxyl groups is 1. The summed E-state index contributed by atoms with van der Waals surface area (Å²) in [5.41, 5.74) is 3.86. The maximum Gasteiger partial charge on any atom is 0.161 e. The van der Waals surface area contributed by atoms with E-state index in [9.17, 15) is 9.90 Å². The van der Waals surface area contributed by atoms with Crippen LogP contribution in [0.3, 0.4) is 0 Å². The van der Waals surface area contributed by atoms with Gasteiger partial charge in [-0.15, -0.1) is 0 Å². The molecule has 1 N–H and O–H groups in total. The second-order valence-electron chi connectivity index (χ2n) is 7.50. The van der Waals surface area contributed by atoms with E-state index in [1.54, 1.807) is 44.1 Å². The Labute approximate surface area is 186 Å². The first-order valence-electron chi connectivity index (χ1n) is 10.3. The number of benzene rings is 2. The van der Waals surface area contributed by atoms with Crippen LogP contribution in [0.4, 0.5) is 0 Å². The van der Waals surface area contributed by atoms with E-state index in [0.29, 0.717) is 0 Å². The van der Waals surface area contributed by atoms with E-state index in [-0.39, 0.29) is 5.78 Å². The van der Waals surface area contributed by atoms with E-state index in [1.165, 1.54) is 6.08 Å². The molecule has 2 aromatic heterocycles. The number of carbonyl (C=O) groups excluding carboxylic acids is 1. The van der Waals surface area contributed by atoms with Crippen LogP contribution in [0.1, 0.15) is 18.1 Å². The predicted octanol–water partition coefficient (Wildman–Crippen LogP) is 4.35. The van der Waals surface area contributed by atoms with E-state index < -0.39 is 12.0 Å². The molecular weight excluding hydrogens is 400 g/mol. The zero-order valence-corrected chi connectivity index (χ0v) is 17.7. The molecular formula is C26H24N4O2. The summed E-state index contributed by atoms with van der Waals surface area (Å²) in [7, 11) is 0. The van der Waals surface area contributed by atoms with Gasteiger partial charge in [-0.05, 0) is 41.5 Å². The van der Waals surface area contributed by atoms with Crippen LogP contribution in [-0.4, -0.2) is 36.1 Å². The van der Waals surface area contributed by atoms with Crippen LogP contribution in [0, 0.1) is 5.92 Å². The maximum absolute atomic E-state index is 12.5. The van der Waals surface area contributed by atoms with Gasteiger partial charge in [-0.1, -0.05) is 49.4 Å². The van der Waals surface area contributed by atoms with Crippen molar-refractivity contribution < 1.29 is 9.90 Å². The van der Waals surface area contributed by atoms with Crippen LogP contribution in [0.5, 0.6) is 0 Å². The summed E-state index contributed by atoms with van der Waals surface area (Å²) < 4.78 is 3.83. The van der Waals surface area contributed by atoms with Gasteiger partial charge in [0.15, 0.2) is 5.78 Å². The highest BCUT2D eigenvalue weighted by atomic mass is 16.3. The number of hydrogen-bond acceptors (Lipinski definition) is 4. The maximum atomic E-state index is 12.5. The zero-order valence-electron chi connectivity index (χ0n) is 17.7. The third-order valence-electron chi connectivity index (χ3n) is 5.28. The normalized spacial score (nSPS) is 13.6. The van der Waals surface area contributed by atoms with Gasteiger partial charge in [-0.3, -0.25) is 4.79 Å². The van der Waals surface area contributed by atoms with E-state index >= 15 is 0 Å². The van der Waals surface area contributed by atoms with Crippen molar-refractivity contribution in [2.24, 2.45) is 5.92 Å². The second kappa shape index (κ2) is 9.85. The molecule has 6 heteroatoms. The number of aromatic nitrogens is 4. The summed E-state index contributed by atoms with van der Waals surface area (Å²) in [6.07, 6.45) is 16.6. The molecule has 6 nitrogen and oxygen atoms in total. The van der Waals surface area contributed by atoms with Crippen LogP contribution in [0.15, 0.2) is 98.1 Å². The molecule has 0 saturated heterocycles. The Kier molecular flexibility index (Phi) is 6.53. The van der Waals surface area contributed by atoms with Gasteiger partial charge in [-0.2, -0.15) is 0 Å². The Balaban J connectivity index is 1.33. The van der Waals surface area contributed by atoms with E-state index in [4.69, 9.17) is 0 Å². The highest BCUT2D eigenvalue weighted by molar-refractivity contribution is 5.95. The number of carbonyl (C=O) groups is 1. The summed E-state index contributed by atoms with van der Waals surface area (Å²) in [4.78, 5) is 20.6. The standard InChI is InChI=1S/C26H24N4O2/c1-20(25(31)12-6-21-2-8-23(9-3-21)29-16-14-27-18-29)26(32)13-7-22-4-10-24(11-5-22)30-17-15-28-19-30/h2-20,25,31H,1H3/b12-6+,13-7+. The van der Waals surface area contributed by atoms with Crippen LogP contribution >= 0.6 is 0 Å². The third-order valence-corrected chi connectivity index (χ3v) is 5.28. The number of aliphatic hydroxyl groups excluding tert-OH is 1. The van der Waals surface area contributed by atoms with Gasteiger partial charge >= 0.3 is 0 Å². The topological polar surface area (TPSA) is 72.9 Å². The molecule has 0 aliphatic rings. The van der Waals surface area contributed by atoms with Gasteiger partial charge in [-0.25, -0.2) is 9.97 Å². The zero-order chi connectivity index (χ0) is 22.3. The van der Waals surface area contributed by atoms with Gasteiger partial charge in [0.05, 0.1) is 18.8 Å². The summed E-state index contributed by atoms with van der Waals surface area (Å²) in [5.74, 6) is -0.672. The minimum absolute atomic E-state index is 0.128. The minimum atomic E-state index is -0.871. The molecule has 2 unspecified atom stereocenters. The number of allylic oxidation sites excluding steroid dienone is 1. The summed E-state index contributed by atoms with van der Waals surface area (Å²) in [5, 5.41) is 10.4. The number of nitrogens with zero attached hydrogens (tertiary/aromatic N) is 4. The van der Waals surface area contributed by atoms with E-state index in [0.717, 1.165) is 22.5 Å². The largest absolute Gasteiger partial charge is 0.388 e. The SMILES string of the molecule is CC(C(=O)/C=C/c1ccc(-n2ccnc2)cc1)C(O)/C=C/c1ccc(-n2ccnc2)cc1. The van der Waals surface area contributed by atoms with Crippen molar-refractivity contribution in [2.45, 2.75) is 13.0 Å². The number of ketones is 1. The smallest absolute Gasteiger partial charge is 0.161 e. The highest BCUT2D eigenvalue weighted by Crippen LogP contribution is 2.15. The Bertz CT molecular complexity index is 1190. The lowest BCUT2D eigenvalue weighted by atomic mass is 9.97. The van der Waals surface area contributed by atoms with Gasteiger partial charge in [0.2, 0.25) is 0 Å². The molecule has 2 aromatic carbocycles. The van der Waals surface area contributed by atoms with Crippen LogP contribution < -0.4 is 0 Å². The number of imidazole rings is 2. The van der Waals surface area contributed by atoms with E-state index in [2.05, 4.69) is 9.97 Å². The molecule has 0 bridgehead atoms. The van der Waals surface area contributed by atoms with Crippen molar-refractivity contribution in [1.29, 1.82) is 0 Å². The van der Waals surface area contributed by atoms with Crippen molar-refractivity contribution in [3.8, 4) is 11.4 Å². The molecule has 160 valence electrons. The lowest BCUT2D eigenvalue weighted by Gasteiger charge is -2.12.